The fourth-order valence-electron chi connectivity index (χ4n) is 4.41. The van der Waals surface area contributed by atoms with Crippen LogP contribution in [0.15, 0.2) is 77.3 Å². The Labute approximate surface area is 199 Å². The Balaban J connectivity index is 1.43. The molecule has 1 atom stereocenters. The molecule has 4 aromatic rings. The van der Waals surface area contributed by atoms with Gasteiger partial charge < -0.3 is 15.1 Å². The molecule has 2 aromatic carbocycles. The Bertz CT molecular complexity index is 1220. The van der Waals surface area contributed by atoms with E-state index in [9.17, 15) is 4.79 Å². The van der Waals surface area contributed by atoms with Crippen LogP contribution in [0.2, 0.25) is 0 Å². The molecule has 3 heterocycles. The van der Waals surface area contributed by atoms with Crippen LogP contribution < -0.4 is 15.5 Å². The lowest BCUT2D eigenvalue weighted by Crippen LogP contribution is -2.40. The van der Waals surface area contributed by atoms with Crippen LogP contribution in [0.5, 0.6) is 0 Å². The van der Waals surface area contributed by atoms with E-state index in [1.54, 1.807) is 17.2 Å². The number of nitrogens with one attached hydrogen (secondary N) is 2. The zero-order valence-electron chi connectivity index (χ0n) is 19.3. The molecule has 7 nitrogen and oxygen atoms in total. The van der Waals surface area contributed by atoms with E-state index in [-0.39, 0.29) is 11.9 Å². The summed E-state index contributed by atoms with van der Waals surface area (Å²) in [5, 5.41) is 7.67. The van der Waals surface area contributed by atoms with Crippen LogP contribution in [0.25, 0.3) is 11.0 Å². The Morgan fingerprint density at radius 1 is 1.12 bits per heavy atom. The molecule has 5 rings (SSSR count). The first-order valence-electron chi connectivity index (χ1n) is 11.8. The topological polar surface area (TPSA) is 83.3 Å². The minimum Gasteiger partial charge on any atom is -0.451 e. The molecule has 2 N–H and O–H groups in total. The van der Waals surface area contributed by atoms with Gasteiger partial charge in [-0.05, 0) is 62.5 Å². The van der Waals surface area contributed by atoms with Crippen LogP contribution in [0, 0.1) is 5.92 Å². The quantitative estimate of drug-likeness (QED) is 0.406. The van der Waals surface area contributed by atoms with Gasteiger partial charge in [0.1, 0.15) is 11.4 Å². The smallest absolute Gasteiger partial charge is 0.295 e. The van der Waals surface area contributed by atoms with E-state index in [4.69, 9.17) is 9.40 Å². The van der Waals surface area contributed by atoms with Gasteiger partial charge in [-0.15, -0.1) is 0 Å². The average molecular weight is 456 g/mol. The lowest BCUT2D eigenvalue weighted by molar-refractivity contribution is 0.0955. The number of rotatable bonds is 7. The molecule has 174 valence electrons. The third kappa shape index (κ3) is 4.94. The summed E-state index contributed by atoms with van der Waals surface area (Å²) in [7, 11) is 0. The SMILES string of the molecule is C[C@H](Nc1nccc(N(CC2CCNCC2)C(=O)c2cc3ccccc3o2)n1)c1ccccc1. The van der Waals surface area contributed by atoms with Crippen LogP contribution in [0.3, 0.4) is 0 Å². The molecule has 34 heavy (non-hydrogen) atoms. The van der Waals surface area contributed by atoms with E-state index in [0.29, 0.717) is 35.6 Å². The number of hydrogen-bond acceptors (Lipinski definition) is 6. The summed E-state index contributed by atoms with van der Waals surface area (Å²) in [6.07, 6.45) is 3.74. The number of piperidine rings is 1. The number of benzene rings is 2. The van der Waals surface area contributed by atoms with Gasteiger partial charge in [-0.1, -0.05) is 48.5 Å². The fourth-order valence-corrected chi connectivity index (χ4v) is 4.41. The third-order valence-electron chi connectivity index (χ3n) is 6.34. The van der Waals surface area contributed by atoms with Crippen molar-refractivity contribution < 1.29 is 9.21 Å². The van der Waals surface area contributed by atoms with Crippen molar-refractivity contribution in [2.75, 3.05) is 29.9 Å². The van der Waals surface area contributed by atoms with Gasteiger partial charge in [0.05, 0.1) is 6.04 Å². The number of carbonyl (C=O) groups excluding carboxylic acids is 1. The molecule has 1 aliphatic rings. The largest absolute Gasteiger partial charge is 0.451 e. The van der Waals surface area contributed by atoms with Crippen LogP contribution in [-0.2, 0) is 0 Å². The molecular formula is C27H29N5O2. The van der Waals surface area contributed by atoms with Gasteiger partial charge >= 0.3 is 0 Å². The summed E-state index contributed by atoms with van der Waals surface area (Å²) < 4.78 is 5.91. The van der Waals surface area contributed by atoms with E-state index in [0.717, 1.165) is 36.9 Å². The molecule has 0 saturated carbocycles. The zero-order chi connectivity index (χ0) is 23.3. The van der Waals surface area contributed by atoms with E-state index in [1.165, 1.54) is 0 Å². The van der Waals surface area contributed by atoms with E-state index < -0.39 is 0 Å². The first kappa shape index (κ1) is 22.1. The summed E-state index contributed by atoms with van der Waals surface area (Å²) >= 11 is 0. The summed E-state index contributed by atoms with van der Waals surface area (Å²) in [6.45, 7) is 4.57. The Hall–Kier alpha value is -3.71. The minimum absolute atomic E-state index is 0.0281. The maximum atomic E-state index is 13.7. The first-order chi connectivity index (χ1) is 16.7. The number of hydrogen-bond donors (Lipinski definition) is 2. The third-order valence-corrected chi connectivity index (χ3v) is 6.34. The number of anilines is 2. The highest BCUT2D eigenvalue weighted by atomic mass is 16.3. The number of amides is 1. The molecule has 1 saturated heterocycles. The monoisotopic (exact) mass is 455 g/mol. The highest BCUT2D eigenvalue weighted by Gasteiger charge is 2.27. The van der Waals surface area contributed by atoms with Crippen molar-refractivity contribution in [1.29, 1.82) is 0 Å². The second-order valence-corrected chi connectivity index (χ2v) is 8.77. The molecule has 2 aromatic heterocycles. The van der Waals surface area contributed by atoms with E-state index in [2.05, 4.69) is 34.7 Å². The summed E-state index contributed by atoms with van der Waals surface area (Å²) in [5.41, 5.74) is 1.84. The normalized spacial score (nSPS) is 15.2. The van der Waals surface area contributed by atoms with Crippen molar-refractivity contribution in [1.82, 2.24) is 15.3 Å². The van der Waals surface area contributed by atoms with Crippen molar-refractivity contribution in [3.8, 4) is 0 Å². The van der Waals surface area contributed by atoms with E-state index >= 15 is 0 Å². The average Bonchev–Trinajstić information content (AvgIpc) is 3.33. The highest BCUT2D eigenvalue weighted by molar-refractivity contribution is 6.05. The number of nitrogens with zero attached hydrogens (tertiary/aromatic N) is 3. The van der Waals surface area contributed by atoms with Gasteiger partial charge in [0.25, 0.3) is 5.91 Å². The Morgan fingerprint density at radius 3 is 2.68 bits per heavy atom. The van der Waals surface area contributed by atoms with Crippen molar-refractivity contribution in [3.05, 3.63) is 84.3 Å². The maximum Gasteiger partial charge on any atom is 0.295 e. The molecule has 0 spiro atoms. The molecule has 1 amide bonds. The molecular weight excluding hydrogens is 426 g/mol. The molecule has 0 unspecified atom stereocenters. The summed E-state index contributed by atoms with van der Waals surface area (Å²) in [6, 6.07) is 21.5. The molecule has 7 heteroatoms. The minimum atomic E-state index is -0.185. The molecule has 0 aliphatic carbocycles. The zero-order valence-corrected chi connectivity index (χ0v) is 19.3. The number of fused-ring (bicyclic) bond motifs is 1. The van der Waals surface area contributed by atoms with Gasteiger partial charge in [-0.2, -0.15) is 4.98 Å². The van der Waals surface area contributed by atoms with Gasteiger partial charge in [-0.25, -0.2) is 4.98 Å². The van der Waals surface area contributed by atoms with Gasteiger partial charge in [-0.3, -0.25) is 9.69 Å². The molecule has 1 aliphatic heterocycles. The first-order valence-corrected chi connectivity index (χ1v) is 11.8. The van der Waals surface area contributed by atoms with Crippen LogP contribution >= 0.6 is 0 Å². The van der Waals surface area contributed by atoms with Gasteiger partial charge in [0.15, 0.2) is 5.76 Å². The van der Waals surface area contributed by atoms with Crippen molar-refractivity contribution in [2.45, 2.75) is 25.8 Å². The van der Waals surface area contributed by atoms with Gasteiger partial charge in [0.2, 0.25) is 5.95 Å². The molecule has 0 bridgehead atoms. The van der Waals surface area contributed by atoms with Crippen molar-refractivity contribution >= 4 is 28.6 Å². The van der Waals surface area contributed by atoms with Crippen molar-refractivity contribution in [2.24, 2.45) is 5.92 Å². The fraction of sp³-hybridized carbons (Fsp3) is 0.296. The Kier molecular flexibility index (Phi) is 6.53. The number of carbonyl (C=O) groups is 1. The van der Waals surface area contributed by atoms with Crippen LogP contribution in [0.1, 0.15) is 41.9 Å². The standard InChI is InChI=1S/C27H29N5O2/c1-19(21-7-3-2-4-8-21)30-27-29-16-13-25(31-27)32(18-20-11-14-28-15-12-20)26(33)24-17-22-9-5-6-10-23(22)34-24/h2-10,13,16-17,19-20,28H,11-12,14-15,18H2,1H3,(H,29,30,31)/t19-/m0/s1. The summed E-state index contributed by atoms with van der Waals surface area (Å²) in [5.74, 6) is 1.59. The van der Waals surface area contributed by atoms with Gasteiger partial charge in [0, 0.05) is 18.1 Å². The lowest BCUT2D eigenvalue weighted by Gasteiger charge is -2.29. The Morgan fingerprint density at radius 2 is 1.88 bits per heavy atom. The second kappa shape index (κ2) is 10.1. The second-order valence-electron chi connectivity index (χ2n) is 8.77. The lowest BCUT2D eigenvalue weighted by atomic mass is 9.97. The van der Waals surface area contributed by atoms with E-state index in [1.807, 2.05) is 48.5 Å². The summed E-state index contributed by atoms with van der Waals surface area (Å²) in [4.78, 5) is 24.6. The van der Waals surface area contributed by atoms with Crippen LogP contribution in [-0.4, -0.2) is 35.5 Å². The van der Waals surface area contributed by atoms with Crippen LogP contribution in [0.4, 0.5) is 11.8 Å². The number of aromatic nitrogens is 2. The molecule has 1 fully saturated rings. The highest BCUT2D eigenvalue weighted by Crippen LogP contribution is 2.25. The number of para-hydroxylation sites is 1. The number of furan rings is 1. The molecule has 0 radical (unpaired) electrons. The predicted molar refractivity (Wildman–Crippen MR) is 134 cm³/mol. The maximum absolute atomic E-state index is 13.7. The van der Waals surface area contributed by atoms with Crippen molar-refractivity contribution in [3.63, 3.8) is 0 Å². The predicted octanol–water partition coefficient (Wildman–Crippen LogP) is 5.04.